The van der Waals surface area contributed by atoms with Crippen LogP contribution in [0.1, 0.15) is 40.0 Å². The normalized spacial score (nSPS) is 23.0. The Bertz CT molecular complexity index is 306. The molecule has 19 heavy (non-hydrogen) atoms. The second kappa shape index (κ2) is 8.02. The van der Waals surface area contributed by atoms with E-state index < -0.39 is 0 Å². The molecule has 0 aliphatic carbocycles. The zero-order valence-electron chi connectivity index (χ0n) is 12.2. The zero-order valence-corrected chi connectivity index (χ0v) is 12.2. The number of likely N-dealkylation sites (tertiary alicyclic amines) is 1. The summed E-state index contributed by atoms with van der Waals surface area (Å²) in [5.74, 6) is -0.188. The summed E-state index contributed by atoms with van der Waals surface area (Å²) in [6, 6.07) is 0. The van der Waals surface area contributed by atoms with Gasteiger partial charge in [0.05, 0.1) is 19.1 Å². The zero-order chi connectivity index (χ0) is 14.3. The Hall–Kier alpha value is -1.26. The average molecular weight is 271 g/mol. The Labute approximate surface area is 115 Å². The number of unbranched alkanes of at least 4 members (excludes halogenated alkanes) is 1. The van der Waals surface area contributed by atoms with E-state index in [0.29, 0.717) is 26.3 Å². The molecule has 1 aliphatic heterocycles. The predicted molar refractivity (Wildman–Crippen MR) is 71.7 cm³/mol. The Kier molecular flexibility index (Phi) is 6.67. The summed E-state index contributed by atoms with van der Waals surface area (Å²) in [6.07, 6.45) is 2.37. The van der Waals surface area contributed by atoms with Crippen LogP contribution in [0.4, 0.5) is 4.79 Å². The molecule has 1 fully saturated rings. The molecule has 5 heteroatoms. The largest absolute Gasteiger partial charge is 0.466 e. The fourth-order valence-electron chi connectivity index (χ4n) is 2.19. The van der Waals surface area contributed by atoms with Crippen LogP contribution in [0.2, 0.25) is 0 Å². The fourth-order valence-corrected chi connectivity index (χ4v) is 2.19. The molecule has 1 rings (SSSR count). The lowest BCUT2D eigenvalue weighted by Gasteiger charge is -2.34. The van der Waals surface area contributed by atoms with E-state index in [1.54, 1.807) is 11.8 Å². The molecule has 0 radical (unpaired) electrons. The van der Waals surface area contributed by atoms with Gasteiger partial charge in [0.15, 0.2) is 0 Å². The minimum absolute atomic E-state index is 0.207. The van der Waals surface area contributed by atoms with Gasteiger partial charge in [0, 0.05) is 13.1 Å². The molecule has 1 saturated heterocycles. The van der Waals surface area contributed by atoms with Crippen molar-refractivity contribution in [2.45, 2.75) is 40.0 Å². The Morgan fingerprint density at radius 2 is 2.00 bits per heavy atom. The first-order valence-electron chi connectivity index (χ1n) is 7.18. The number of hydrogen-bond acceptors (Lipinski definition) is 4. The predicted octanol–water partition coefficient (Wildman–Crippen LogP) is 2.44. The molecular formula is C14H25NO4. The molecule has 2 atom stereocenters. The molecule has 0 aromatic rings. The molecule has 0 saturated carbocycles. The Balaban J connectivity index is 2.49. The molecular weight excluding hydrogens is 246 g/mol. The van der Waals surface area contributed by atoms with Gasteiger partial charge in [0.25, 0.3) is 0 Å². The van der Waals surface area contributed by atoms with E-state index in [-0.39, 0.29) is 23.9 Å². The summed E-state index contributed by atoms with van der Waals surface area (Å²) >= 11 is 0. The van der Waals surface area contributed by atoms with Crippen molar-refractivity contribution in [3.63, 3.8) is 0 Å². The minimum Gasteiger partial charge on any atom is -0.466 e. The second-order valence-corrected chi connectivity index (χ2v) is 5.04. The number of amides is 1. The second-order valence-electron chi connectivity index (χ2n) is 5.04. The highest BCUT2D eigenvalue weighted by molar-refractivity contribution is 5.75. The maximum Gasteiger partial charge on any atom is 0.409 e. The van der Waals surface area contributed by atoms with Crippen molar-refractivity contribution in [2.24, 2.45) is 11.8 Å². The van der Waals surface area contributed by atoms with E-state index >= 15 is 0 Å². The van der Waals surface area contributed by atoms with Gasteiger partial charge in [-0.25, -0.2) is 4.79 Å². The standard InChI is InChI=1S/C14H25NO4/c1-4-6-9-19-14(17)15-8-7-11(3)12(10-15)13(16)18-5-2/h11-12H,4-10H2,1-3H3. The minimum atomic E-state index is -0.311. The highest BCUT2D eigenvalue weighted by atomic mass is 16.6. The van der Waals surface area contributed by atoms with Crippen LogP contribution in [-0.4, -0.2) is 43.3 Å². The molecule has 0 spiro atoms. The Morgan fingerprint density at radius 1 is 1.26 bits per heavy atom. The van der Waals surface area contributed by atoms with E-state index in [1.165, 1.54) is 0 Å². The summed E-state index contributed by atoms with van der Waals surface area (Å²) in [4.78, 5) is 25.3. The van der Waals surface area contributed by atoms with Gasteiger partial charge >= 0.3 is 12.1 Å². The van der Waals surface area contributed by atoms with Gasteiger partial charge in [-0.15, -0.1) is 0 Å². The molecule has 1 aliphatic rings. The van der Waals surface area contributed by atoms with Crippen LogP contribution in [0.3, 0.4) is 0 Å². The summed E-state index contributed by atoms with van der Waals surface area (Å²) in [6.45, 7) is 7.76. The number of piperidine rings is 1. The lowest BCUT2D eigenvalue weighted by atomic mass is 9.87. The molecule has 0 N–H and O–H groups in total. The first-order chi connectivity index (χ1) is 9.10. The van der Waals surface area contributed by atoms with Crippen LogP contribution in [0.25, 0.3) is 0 Å². The first-order valence-corrected chi connectivity index (χ1v) is 7.18. The molecule has 2 unspecified atom stereocenters. The van der Waals surface area contributed by atoms with Gasteiger partial charge in [-0.2, -0.15) is 0 Å². The topological polar surface area (TPSA) is 55.8 Å². The quantitative estimate of drug-likeness (QED) is 0.569. The van der Waals surface area contributed by atoms with Crippen LogP contribution in [-0.2, 0) is 14.3 Å². The van der Waals surface area contributed by atoms with Crippen molar-refractivity contribution < 1.29 is 19.1 Å². The molecule has 5 nitrogen and oxygen atoms in total. The highest BCUT2D eigenvalue weighted by Gasteiger charge is 2.35. The van der Waals surface area contributed by atoms with Crippen LogP contribution in [0.15, 0.2) is 0 Å². The van der Waals surface area contributed by atoms with Gasteiger partial charge in [-0.1, -0.05) is 20.3 Å². The number of hydrogen-bond donors (Lipinski definition) is 0. The molecule has 0 aromatic carbocycles. The van der Waals surface area contributed by atoms with Crippen molar-refractivity contribution in [3.05, 3.63) is 0 Å². The molecule has 1 amide bonds. The van der Waals surface area contributed by atoms with Crippen molar-refractivity contribution in [1.29, 1.82) is 0 Å². The van der Waals surface area contributed by atoms with E-state index in [2.05, 4.69) is 0 Å². The molecule has 0 aromatic heterocycles. The van der Waals surface area contributed by atoms with E-state index in [0.717, 1.165) is 19.3 Å². The lowest BCUT2D eigenvalue weighted by Crippen LogP contribution is -2.46. The third-order valence-corrected chi connectivity index (χ3v) is 3.53. The fraction of sp³-hybridized carbons (Fsp3) is 0.857. The van der Waals surface area contributed by atoms with Crippen LogP contribution < -0.4 is 0 Å². The van der Waals surface area contributed by atoms with Crippen molar-refractivity contribution in [2.75, 3.05) is 26.3 Å². The number of rotatable bonds is 5. The van der Waals surface area contributed by atoms with Crippen LogP contribution in [0.5, 0.6) is 0 Å². The number of carbonyl (C=O) groups excluding carboxylic acids is 2. The molecule has 0 bridgehead atoms. The van der Waals surface area contributed by atoms with Crippen molar-refractivity contribution in [1.82, 2.24) is 4.90 Å². The highest BCUT2D eigenvalue weighted by Crippen LogP contribution is 2.24. The number of ether oxygens (including phenoxy) is 2. The number of carbonyl (C=O) groups is 2. The summed E-state index contributed by atoms with van der Waals surface area (Å²) in [7, 11) is 0. The Morgan fingerprint density at radius 3 is 2.63 bits per heavy atom. The van der Waals surface area contributed by atoms with E-state index in [1.807, 2.05) is 13.8 Å². The monoisotopic (exact) mass is 271 g/mol. The lowest BCUT2D eigenvalue weighted by molar-refractivity contribution is -0.151. The third-order valence-electron chi connectivity index (χ3n) is 3.53. The van der Waals surface area contributed by atoms with Gasteiger partial charge in [0.2, 0.25) is 0 Å². The van der Waals surface area contributed by atoms with Crippen molar-refractivity contribution in [3.8, 4) is 0 Å². The maximum atomic E-state index is 11.9. The number of nitrogens with zero attached hydrogens (tertiary/aromatic N) is 1. The molecule has 110 valence electrons. The first kappa shape index (κ1) is 15.8. The number of esters is 1. The maximum absolute atomic E-state index is 11.9. The van der Waals surface area contributed by atoms with Gasteiger partial charge in [-0.3, -0.25) is 4.79 Å². The van der Waals surface area contributed by atoms with Gasteiger partial charge in [-0.05, 0) is 25.7 Å². The van der Waals surface area contributed by atoms with Crippen LogP contribution in [0, 0.1) is 11.8 Å². The van der Waals surface area contributed by atoms with Crippen molar-refractivity contribution >= 4 is 12.1 Å². The smallest absolute Gasteiger partial charge is 0.409 e. The summed E-state index contributed by atoms with van der Waals surface area (Å²) < 4.78 is 10.2. The SMILES string of the molecule is CCCCOC(=O)N1CCC(C)C(C(=O)OCC)C1. The van der Waals surface area contributed by atoms with Crippen LogP contribution >= 0.6 is 0 Å². The third kappa shape index (κ3) is 4.73. The van der Waals surface area contributed by atoms with Gasteiger partial charge < -0.3 is 14.4 Å². The molecule has 1 heterocycles. The van der Waals surface area contributed by atoms with E-state index in [9.17, 15) is 9.59 Å². The summed E-state index contributed by atoms with van der Waals surface area (Å²) in [5.41, 5.74) is 0. The average Bonchev–Trinajstić information content (AvgIpc) is 2.39. The summed E-state index contributed by atoms with van der Waals surface area (Å²) in [5, 5.41) is 0. The van der Waals surface area contributed by atoms with Gasteiger partial charge in [0.1, 0.15) is 0 Å². The van der Waals surface area contributed by atoms with E-state index in [4.69, 9.17) is 9.47 Å².